The molecule has 0 N–H and O–H groups in total. The van der Waals surface area contributed by atoms with E-state index < -0.39 is 0 Å². The number of hydrogen-bond acceptors (Lipinski definition) is 0. The molecule has 0 spiro atoms. The molecular formula is C18H28Si. The Morgan fingerprint density at radius 1 is 1.16 bits per heavy atom. The van der Waals surface area contributed by atoms with E-state index in [2.05, 4.69) is 43.8 Å². The molecule has 0 saturated heterocycles. The molecule has 19 heavy (non-hydrogen) atoms. The Balaban J connectivity index is 1.86. The Hall–Kier alpha value is -0.823. The molecular weight excluding hydrogens is 244 g/mol. The van der Waals surface area contributed by atoms with Gasteiger partial charge in [-0.1, -0.05) is 61.3 Å². The van der Waals surface area contributed by atoms with E-state index in [9.17, 15) is 0 Å². The SMILES string of the molecule is C=C[C@H]1CC[C@H](c2ccc([SiH2]CCCC)cc2)CC1. The average molecular weight is 273 g/mol. The first kappa shape index (κ1) is 14.6. The third-order valence-corrected chi connectivity index (χ3v) is 6.53. The predicted molar refractivity (Wildman–Crippen MR) is 89.2 cm³/mol. The van der Waals surface area contributed by atoms with Gasteiger partial charge in [0, 0.05) is 0 Å². The van der Waals surface area contributed by atoms with Crippen molar-refractivity contribution in [2.75, 3.05) is 0 Å². The zero-order valence-corrected chi connectivity index (χ0v) is 13.8. The number of hydrogen-bond donors (Lipinski definition) is 0. The average Bonchev–Trinajstić information content (AvgIpc) is 2.48. The fourth-order valence-electron chi connectivity index (χ4n) is 3.22. The van der Waals surface area contributed by atoms with Gasteiger partial charge in [-0.05, 0) is 43.1 Å². The molecule has 0 radical (unpaired) electrons. The summed E-state index contributed by atoms with van der Waals surface area (Å²) in [5, 5.41) is 1.65. The van der Waals surface area contributed by atoms with Crippen LogP contribution < -0.4 is 5.19 Å². The van der Waals surface area contributed by atoms with Crippen molar-refractivity contribution in [3.8, 4) is 0 Å². The molecule has 1 aliphatic rings. The number of benzene rings is 1. The highest BCUT2D eigenvalue weighted by Gasteiger charge is 2.20. The Kier molecular flexibility index (Phi) is 5.90. The second-order valence-corrected chi connectivity index (χ2v) is 8.07. The van der Waals surface area contributed by atoms with Gasteiger partial charge in [0.25, 0.3) is 0 Å². The highest BCUT2D eigenvalue weighted by Crippen LogP contribution is 2.35. The summed E-state index contributed by atoms with van der Waals surface area (Å²) in [6.45, 7) is 6.22. The van der Waals surface area contributed by atoms with Gasteiger partial charge in [-0.3, -0.25) is 0 Å². The van der Waals surface area contributed by atoms with E-state index in [1.807, 2.05) is 0 Å². The zero-order chi connectivity index (χ0) is 13.5. The zero-order valence-electron chi connectivity index (χ0n) is 12.4. The van der Waals surface area contributed by atoms with Gasteiger partial charge in [-0.2, -0.15) is 0 Å². The molecule has 0 aromatic heterocycles. The van der Waals surface area contributed by atoms with Gasteiger partial charge in [0.15, 0.2) is 0 Å². The van der Waals surface area contributed by atoms with Crippen LogP contribution in [0, 0.1) is 5.92 Å². The third-order valence-electron chi connectivity index (χ3n) is 4.63. The van der Waals surface area contributed by atoms with Crippen LogP contribution in [0.2, 0.25) is 6.04 Å². The summed E-state index contributed by atoms with van der Waals surface area (Å²) in [6, 6.07) is 11.1. The fraction of sp³-hybridized carbons (Fsp3) is 0.556. The third kappa shape index (κ3) is 4.34. The Labute approximate surface area is 121 Å². The van der Waals surface area contributed by atoms with Gasteiger partial charge in [-0.25, -0.2) is 0 Å². The minimum atomic E-state index is 0.00774. The summed E-state index contributed by atoms with van der Waals surface area (Å²) in [5.74, 6) is 1.58. The lowest BCUT2D eigenvalue weighted by molar-refractivity contribution is 0.376. The van der Waals surface area contributed by atoms with Crippen LogP contribution in [-0.2, 0) is 0 Å². The summed E-state index contributed by atoms with van der Waals surface area (Å²) < 4.78 is 0. The van der Waals surface area contributed by atoms with E-state index in [1.165, 1.54) is 44.6 Å². The van der Waals surface area contributed by atoms with Crippen LogP contribution in [0.1, 0.15) is 56.9 Å². The summed E-state index contributed by atoms with van der Waals surface area (Å²) >= 11 is 0. The van der Waals surface area contributed by atoms with Gasteiger partial charge in [0.1, 0.15) is 0 Å². The molecule has 2 rings (SSSR count). The molecule has 0 unspecified atom stereocenters. The first-order valence-electron chi connectivity index (χ1n) is 8.05. The van der Waals surface area contributed by atoms with Crippen LogP contribution in [0.4, 0.5) is 0 Å². The number of rotatable bonds is 6. The van der Waals surface area contributed by atoms with Crippen molar-refractivity contribution < 1.29 is 0 Å². The molecule has 1 aliphatic carbocycles. The van der Waals surface area contributed by atoms with Crippen LogP contribution >= 0.6 is 0 Å². The van der Waals surface area contributed by atoms with E-state index in [0.717, 1.165) is 11.8 Å². The van der Waals surface area contributed by atoms with Crippen molar-refractivity contribution in [1.82, 2.24) is 0 Å². The molecule has 0 aliphatic heterocycles. The minimum Gasteiger partial charge on any atom is -0.103 e. The first-order chi connectivity index (χ1) is 9.33. The topological polar surface area (TPSA) is 0 Å². The van der Waals surface area contributed by atoms with Crippen LogP contribution in [-0.4, -0.2) is 9.52 Å². The molecule has 0 heterocycles. The van der Waals surface area contributed by atoms with Gasteiger partial charge < -0.3 is 0 Å². The van der Waals surface area contributed by atoms with Gasteiger partial charge in [-0.15, -0.1) is 6.58 Å². The maximum atomic E-state index is 3.93. The maximum absolute atomic E-state index is 3.93. The Bertz CT molecular complexity index is 371. The van der Waals surface area contributed by atoms with Gasteiger partial charge in [0.2, 0.25) is 0 Å². The number of unbranched alkanes of at least 4 members (excludes halogenated alkanes) is 1. The molecule has 1 saturated carbocycles. The molecule has 1 heteroatoms. The molecule has 1 fully saturated rings. The minimum absolute atomic E-state index is 0.00774. The van der Waals surface area contributed by atoms with Crippen molar-refractivity contribution in [2.24, 2.45) is 5.92 Å². The van der Waals surface area contributed by atoms with Crippen LogP contribution in [0.15, 0.2) is 36.9 Å². The van der Waals surface area contributed by atoms with Crippen LogP contribution in [0.25, 0.3) is 0 Å². The molecule has 0 amide bonds. The summed E-state index contributed by atoms with van der Waals surface area (Å²) in [6.07, 6.45) is 10.3. The normalized spacial score (nSPS) is 23.8. The van der Waals surface area contributed by atoms with E-state index >= 15 is 0 Å². The summed E-state index contributed by atoms with van der Waals surface area (Å²) in [7, 11) is 0.00774. The van der Waals surface area contributed by atoms with E-state index in [4.69, 9.17) is 0 Å². The van der Waals surface area contributed by atoms with Crippen molar-refractivity contribution >= 4 is 14.7 Å². The largest absolute Gasteiger partial charge is 0.103 e. The fourth-order valence-corrected chi connectivity index (χ4v) is 4.95. The second-order valence-electron chi connectivity index (χ2n) is 6.05. The summed E-state index contributed by atoms with van der Waals surface area (Å²) in [5.41, 5.74) is 1.58. The number of allylic oxidation sites excluding steroid dienone is 1. The monoisotopic (exact) mass is 272 g/mol. The quantitative estimate of drug-likeness (QED) is 0.414. The molecule has 0 nitrogen and oxygen atoms in total. The Morgan fingerprint density at radius 3 is 2.42 bits per heavy atom. The predicted octanol–water partition coefficient (Wildman–Crippen LogP) is 4.16. The van der Waals surface area contributed by atoms with Gasteiger partial charge >= 0.3 is 0 Å². The smallest absolute Gasteiger partial charge is 0.0547 e. The highest BCUT2D eigenvalue weighted by molar-refractivity contribution is 6.53. The lowest BCUT2D eigenvalue weighted by atomic mass is 9.79. The van der Waals surface area contributed by atoms with E-state index in [0.29, 0.717) is 0 Å². The highest BCUT2D eigenvalue weighted by atomic mass is 28.2. The van der Waals surface area contributed by atoms with Crippen LogP contribution in [0.3, 0.4) is 0 Å². The van der Waals surface area contributed by atoms with E-state index in [1.54, 1.807) is 10.8 Å². The van der Waals surface area contributed by atoms with Gasteiger partial charge in [0.05, 0.1) is 9.52 Å². The molecule has 1 aromatic carbocycles. The van der Waals surface area contributed by atoms with Crippen LogP contribution in [0.5, 0.6) is 0 Å². The molecule has 0 atom stereocenters. The van der Waals surface area contributed by atoms with E-state index in [-0.39, 0.29) is 9.52 Å². The molecule has 104 valence electrons. The van der Waals surface area contributed by atoms with Crippen molar-refractivity contribution in [2.45, 2.75) is 57.4 Å². The lowest BCUT2D eigenvalue weighted by Gasteiger charge is -2.27. The molecule has 1 aromatic rings. The summed E-state index contributed by atoms with van der Waals surface area (Å²) in [4.78, 5) is 0. The standard InChI is InChI=1S/C18H28Si/c1-3-5-14-19-18-12-10-17(11-13-18)16-8-6-15(4-2)7-9-16/h4,10-13,15-16H,2-3,5-9,14,19H2,1H3/t15-,16-. The lowest BCUT2D eigenvalue weighted by Crippen LogP contribution is -2.15. The first-order valence-corrected chi connectivity index (χ1v) is 9.75. The molecule has 0 bridgehead atoms. The second kappa shape index (κ2) is 7.69. The maximum Gasteiger partial charge on any atom is 0.0547 e. The Morgan fingerprint density at radius 2 is 1.84 bits per heavy atom. The van der Waals surface area contributed by atoms with Crippen molar-refractivity contribution in [1.29, 1.82) is 0 Å². The van der Waals surface area contributed by atoms with Crippen molar-refractivity contribution in [3.05, 3.63) is 42.5 Å². The van der Waals surface area contributed by atoms with Crippen molar-refractivity contribution in [3.63, 3.8) is 0 Å².